The van der Waals surface area contributed by atoms with Crippen molar-refractivity contribution in [3.8, 4) is 5.75 Å². The molecule has 1 amide bonds. The van der Waals surface area contributed by atoms with Gasteiger partial charge in [0.15, 0.2) is 5.78 Å². The molecule has 4 rings (SSSR count). The molecule has 0 unspecified atom stereocenters. The minimum atomic E-state index is -0.335. The van der Waals surface area contributed by atoms with E-state index in [0.717, 1.165) is 5.56 Å². The lowest BCUT2D eigenvalue weighted by Crippen LogP contribution is -2.16. The molecule has 31 heavy (non-hydrogen) atoms. The van der Waals surface area contributed by atoms with Crippen LogP contribution in [0.25, 0.3) is 0 Å². The van der Waals surface area contributed by atoms with Crippen LogP contribution in [0, 0.1) is 0 Å². The van der Waals surface area contributed by atoms with Crippen molar-refractivity contribution in [1.82, 2.24) is 0 Å². The molecule has 4 heteroatoms. The number of ether oxygens (including phenoxy) is 1. The fourth-order valence-corrected chi connectivity index (χ4v) is 3.20. The zero-order valence-electron chi connectivity index (χ0n) is 16.8. The maximum Gasteiger partial charge on any atom is 0.256 e. The quantitative estimate of drug-likeness (QED) is 0.397. The number of carbonyl (C=O) groups is 2. The van der Waals surface area contributed by atoms with Crippen LogP contribution in [0.15, 0.2) is 109 Å². The molecular formula is C27H21NO3. The van der Waals surface area contributed by atoms with E-state index in [1.807, 2.05) is 36.4 Å². The van der Waals surface area contributed by atoms with Crippen LogP contribution in [0.2, 0.25) is 0 Å². The highest BCUT2D eigenvalue weighted by atomic mass is 16.5. The molecule has 4 aromatic rings. The first-order valence-electron chi connectivity index (χ1n) is 9.97. The molecule has 4 nitrogen and oxygen atoms in total. The summed E-state index contributed by atoms with van der Waals surface area (Å²) in [4.78, 5) is 25.7. The Morgan fingerprint density at radius 2 is 1.23 bits per heavy atom. The third-order valence-electron chi connectivity index (χ3n) is 4.81. The molecule has 0 saturated carbocycles. The van der Waals surface area contributed by atoms with Crippen molar-refractivity contribution in [3.05, 3.63) is 131 Å². The molecule has 0 radical (unpaired) electrons. The van der Waals surface area contributed by atoms with E-state index < -0.39 is 0 Å². The van der Waals surface area contributed by atoms with Gasteiger partial charge in [0.05, 0.1) is 5.56 Å². The van der Waals surface area contributed by atoms with Gasteiger partial charge in [0, 0.05) is 16.8 Å². The van der Waals surface area contributed by atoms with E-state index in [0.29, 0.717) is 34.7 Å². The minimum absolute atomic E-state index is 0.184. The average molecular weight is 407 g/mol. The molecule has 152 valence electrons. The van der Waals surface area contributed by atoms with Gasteiger partial charge in [0.2, 0.25) is 0 Å². The predicted octanol–water partition coefficient (Wildman–Crippen LogP) is 5.75. The summed E-state index contributed by atoms with van der Waals surface area (Å²) in [6, 6.07) is 32.8. The molecule has 0 bridgehead atoms. The third kappa shape index (κ3) is 5.06. The number of rotatable bonds is 7. The maximum atomic E-state index is 12.9. The van der Waals surface area contributed by atoms with Crippen LogP contribution in [-0.2, 0) is 6.61 Å². The molecule has 0 atom stereocenters. The summed E-state index contributed by atoms with van der Waals surface area (Å²) in [5.41, 5.74) is 2.95. The zero-order valence-corrected chi connectivity index (χ0v) is 16.8. The second-order valence-corrected chi connectivity index (χ2v) is 6.99. The van der Waals surface area contributed by atoms with Crippen molar-refractivity contribution in [2.75, 3.05) is 5.32 Å². The van der Waals surface area contributed by atoms with E-state index in [2.05, 4.69) is 5.32 Å². The van der Waals surface area contributed by atoms with E-state index in [-0.39, 0.29) is 11.7 Å². The number of hydrogen-bond donors (Lipinski definition) is 1. The number of hydrogen-bond acceptors (Lipinski definition) is 3. The van der Waals surface area contributed by atoms with Crippen molar-refractivity contribution in [2.45, 2.75) is 6.61 Å². The van der Waals surface area contributed by atoms with Crippen molar-refractivity contribution in [1.29, 1.82) is 0 Å². The fraction of sp³-hybridized carbons (Fsp3) is 0.0370. The number of benzene rings is 4. The van der Waals surface area contributed by atoms with Crippen molar-refractivity contribution in [2.24, 2.45) is 0 Å². The number of amides is 1. The Labute approximate surface area is 181 Å². The number of ketones is 1. The lowest BCUT2D eigenvalue weighted by molar-refractivity contribution is 0.0996. The van der Waals surface area contributed by atoms with Crippen molar-refractivity contribution in [3.63, 3.8) is 0 Å². The highest BCUT2D eigenvalue weighted by Crippen LogP contribution is 2.20. The van der Waals surface area contributed by atoms with E-state index in [9.17, 15) is 9.59 Å². The standard InChI is InChI=1S/C27H21NO3/c29-26(21-11-5-2-6-12-21)24-13-7-8-14-25(24)27(30)28-22-15-17-23(18-16-22)31-19-20-9-3-1-4-10-20/h1-18H,19H2,(H,28,30). The van der Waals surface area contributed by atoms with Gasteiger partial charge in [0.1, 0.15) is 12.4 Å². The number of nitrogens with one attached hydrogen (secondary N) is 1. The molecule has 0 spiro atoms. The smallest absolute Gasteiger partial charge is 0.256 e. The lowest BCUT2D eigenvalue weighted by atomic mass is 9.98. The van der Waals surface area contributed by atoms with Gasteiger partial charge < -0.3 is 10.1 Å². The second-order valence-electron chi connectivity index (χ2n) is 6.99. The van der Waals surface area contributed by atoms with Crippen LogP contribution >= 0.6 is 0 Å². The molecule has 0 aliphatic heterocycles. The van der Waals surface area contributed by atoms with Gasteiger partial charge in [-0.25, -0.2) is 0 Å². The van der Waals surface area contributed by atoms with E-state index >= 15 is 0 Å². The highest BCUT2D eigenvalue weighted by Gasteiger charge is 2.18. The molecular weight excluding hydrogens is 386 g/mol. The van der Waals surface area contributed by atoms with Crippen LogP contribution in [0.3, 0.4) is 0 Å². The molecule has 0 aliphatic carbocycles. The summed E-state index contributed by atoms with van der Waals surface area (Å²) in [5, 5.41) is 2.86. The van der Waals surface area contributed by atoms with Crippen molar-refractivity contribution >= 4 is 17.4 Å². The number of carbonyl (C=O) groups excluding carboxylic acids is 2. The Bertz CT molecular complexity index is 1170. The molecule has 0 aliphatic rings. The maximum absolute atomic E-state index is 12.9. The summed E-state index contributed by atoms with van der Waals surface area (Å²) in [7, 11) is 0. The first-order chi connectivity index (χ1) is 15.2. The first kappa shape index (κ1) is 20.1. The molecule has 0 heterocycles. The van der Waals surface area contributed by atoms with Gasteiger partial charge in [-0.05, 0) is 35.9 Å². The topological polar surface area (TPSA) is 55.4 Å². The van der Waals surface area contributed by atoms with Crippen LogP contribution in [0.5, 0.6) is 5.75 Å². The summed E-state index contributed by atoms with van der Waals surface area (Å²) in [5.74, 6) is 0.190. The molecule has 4 aromatic carbocycles. The van der Waals surface area contributed by atoms with Gasteiger partial charge in [-0.2, -0.15) is 0 Å². The summed E-state index contributed by atoms with van der Waals surface area (Å²) in [6.07, 6.45) is 0. The van der Waals surface area contributed by atoms with E-state index in [1.54, 1.807) is 72.8 Å². The zero-order chi connectivity index (χ0) is 21.5. The van der Waals surface area contributed by atoms with Crippen LogP contribution < -0.4 is 10.1 Å². The van der Waals surface area contributed by atoms with Gasteiger partial charge in [-0.1, -0.05) is 78.9 Å². The summed E-state index contributed by atoms with van der Waals surface area (Å²) in [6.45, 7) is 0.474. The third-order valence-corrected chi connectivity index (χ3v) is 4.81. The van der Waals surface area contributed by atoms with E-state index in [1.165, 1.54) is 0 Å². The largest absolute Gasteiger partial charge is 0.489 e. The Morgan fingerprint density at radius 1 is 0.645 bits per heavy atom. The SMILES string of the molecule is O=C(Nc1ccc(OCc2ccccc2)cc1)c1ccccc1C(=O)c1ccccc1. The summed E-state index contributed by atoms with van der Waals surface area (Å²) < 4.78 is 5.78. The Hall–Kier alpha value is -4.18. The number of anilines is 1. The molecule has 0 aromatic heterocycles. The summed E-state index contributed by atoms with van der Waals surface area (Å²) >= 11 is 0. The van der Waals surface area contributed by atoms with Gasteiger partial charge in [0.25, 0.3) is 5.91 Å². The minimum Gasteiger partial charge on any atom is -0.489 e. The highest BCUT2D eigenvalue weighted by molar-refractivity contribution is 6.17. The average Bonchev–Trinajstić information content (AvgIpc) is 2.84. The Kier molecular flexibility index (Phi) is 6.19. The molecule has 0 fully saturated rings. The van der Waals surface area contributed by atoms with Gasteiger partial charge >= 0.3 is 0 Å². The van der Waals surface area contributed by atoms with Gasteiger partial charge in [-0.15, -0.1) is 0 Å². The van der Waals surface area contributed by atoms with Crippen molar-refractivity contribution < 1.29 is 14.3 Å². The van der Waals surface area contributed by atoms with Crippen LogP contribution in [0.4, 0.5) is 5.69 Å². The predicted molar refractivity (Wildman–Crippen MR) is 121 cm³/mol. The van der Waals surface area contributed by atoms with Crippen LogP contribution in [0.1, 0.15) is 31.8 Å². The van der Waals surface area contributed by atoms with Crippen LogP contribution in [-0.4, -0.2) is 11.7 Å². The molecule has 0 saturated heterocycles. The monoisotopic (exact) mass is 407 g/mol. The second kappa shape index (κ2) is 9.55. The Morgan fingerprint density at radius 3 is 1.90 bits per heavy atom. The lowest BCUT2D eigenvalue weighted by Gasteiger charge is -2.11. The normalized spacial score (nSPS) is 10.3. The molecule has 1 N–H and O–H groups in total. The van der Waals surface area contributed by atoms with E-state index in [4.69, 9.17) is 4.74 Å². The van der Waals surface area contributed by atoms with Gasteiger partial charge in [-0.3, -0.25) is 9.59 Å². The Balaban J connectivity index is 1.44. The first-order valence-corrected chi connectivity index (χ1v) is 9.97. The fourth-order valence-electron chi connectivity index (χ4n) is 3.20.